The zero-order valence-electron chi connectivity index (χ0n) is 19.3. The van der Waals surface area contributed by atoms with Crippen molar-refractivity contribution in [2.75, 3.05) is 0 Å². The standard InChI is InChI=1S/C29H28N2O2S/c1-30-24-15-9-8-14-22(24)23-18-26-29(28(33-29)34(32)21-12-6-3-7-13-21)17-16-25(27(23)30)31(26)19-20-10-4-2-5-11-20/h2-15,25-26,28H,16-19H2,1H3/t25-,26-,28?,29?,34?/m0/s1. The lowest BCUT2D eigenvalue weighted by atomic mass is 9.76. The molecule has 0 amide bonds. The van der Waals surface area contributed by atoms with E-state index in [0.29, 0.717) is 6.04 Å². The van der Waals surface area contributed by atoms with Crippen LogP contribution in [0.4, 0.5) is 0 Å². The van der Waals surface area contributed by atoms with Gasteiger partial charge in [-0.25, -0.2) is 0 Å². The SMILES string of the molecule is Cn1c2c(c3ccccc31)C[C@@H]1N(Cc3ccccc3)[C@H]2CCC12OC2S(=O)c1ccccc1. The Morgan fingerprint density at radius 1 is 0.971 bits per heavy atom. The first kappa shape index (κ1) is 20.6. The second-order valence-electron chi connectivity index (χ2n) is 9.89. The minimum absolute atomic E-state index is 0.211. The van der Waals surface area contributed by atoms with Crippen LogP contribution in [0.5, 0.6) is 0 Å². The average Bonchev–Trinajstić information content (AvgIpc) is 3.54. The minimum atomic E-state index is -1.17. The molecule has 3 aromatic carbocycles. The van der Waals surface area contributed by atoms with Crippen LogP contribution in [-0.2, 0) is 35.5 Å². The quantitative estimate of drug-likeness (QED) is 0.379. The van der Waals surface area contributed by atoms with Crippen LogP contribution in [0, 0.1) is 0 Å². The number of aromatic nitrogens is 1. The predicted molar refractivity (Wildman–Crippen MR) is 135 cm³/mol. The maximum absolute atomic E-state index is 13.5. The molecule has 0 N–H and O–H groups in total. The van der Waals surface area contributed by atoms with Gasteiger partial charge in [0.15, 0.2) is 5.44 Å². The summed E-state index contributed by atoms with van der Waals surface area (Å²) >= 11 is 0. The number of benzene rings is 3. The van der Waals surface area contributed by atoms with Crippen LogP contribution in [0.3, 0.4) is 0 Å². The van der Waals surface area contributed by atoms with Gasteiger partial charge in [-0.2, -0.15) is 0 Å². The molecule has 4 aromatic rings. The summed E-state index contributed by atoms with van der Waals surface area (Å²) in [7, 11) is 1.05. The summed E-state index contributed by atoms with van der Waals surface area (Å²) in [6.07, 6.45) is 2.91. The molecule has 0 radical (unpaired) electrons. The molecular weight excluding hydrogens is 440 g/mol. The van der Waals surface area contributed by atoms with Gasteiger partial charge in [-0.1, -0.05) is 66.7 Å². The summed E-state index contributed by atoms with van der Waals surface area (Å²) in [6, 6.07) is 29.9. The summed E-state index contributed by atoms with van der Waals surface area (Å²) in [5.74, 6) is 0. The highest BCUT2D eigenvalue weighted by Gasteiger charge is 2.69. The van der Waals surface area contributed by atoms with Crippen LogP contribution in [0.1, 0.15) is 35.7 Å². The van der Waals surface area contributed by atoms with Gasteiger partial charge in [0.25, 0.3) is 0 Å². The van der Waals surface area contributed by atoms with Gasteiger partial charge in [0, 0.05) is 41.1 Å². The highest BCUT2D eigenvalue weighted by molar-refractivity contribution is 7.85. The molecule has 2 fully saturated rings. The molecule has 3 aliphatic rings. The number of hydrogen-bond acceptors (Lipinski definition) is 3. The zero-order valence-corrected chi connectivity index (χ0v) is 20.1. The number of fused-ring (bicyclic) bond motifs is 7. The summed E-state index contributed by atoms with van der Waals surface area (Å²) < 4.78 is 22.4. The number of piperidine rings is 1. The van der Waals surface area contributed by atoms with Gasteiger partial charge in [0.2, 0.25) is 0 Å². The van der Waals surface area contributed by atoms with Gasteiger partial charge >= 0.3 is 0 Å². The molecule has 0 aliphatic carbocycles. The van der Waals surface area contributed by atoms with Gasteiger partial charge in [0.05, 0.1) is 16.8 Å². The van der Waals surface area contributed by atoms with E-state index in [9.17, 15) is 4.21 Å². The van der Waals surface area contributed by atoms with Crippen molar-refractivity contribution in [1.82, 2.24) is 9.47 Å². The van der Waals surface area contributed by atoms with Gasteiger partial charge in [0.1, 0.15) is 5.60 Å². The van der Waals surface area contributed by atoms with E-state index in [4.69, 9.17) is 4.74 Å². The molecule has 1 spiro atoms. The molecule has 5 heteroatoms. The lowest BCUT2D eigenvalue weighted by Crippen LogP contribution is -2.56. The van der Waals surface area contributed by atoms with Crippen LogP contribution in [0.2, 0.25) is 0 Å². The molecule has 3 unspecified atom stereocenters. The monoisotopic (exact) mass is 468 g/mol. The Morgan fingerprint density at radius 2 is 1.68 bits per heavy atom. The molecule has 5 atom stereocenters. The van der Waals surface area contributed by atoms with Crippen molar-refractivity contribution in [2.24, 2.45) is 7.05 Å². The second-order valence-corrected chi connectivity index (χ2v) is 11.4. The predicted octanol–water partition coefficient (Wildman–Crippen LogP) is 5.34. The van der Waals surface area contributed by atoms with Crippen molar-refractivity contribution in [1.29, 1.82) is 0 Å². The number of epoxide rings is 1. The van der Waals surface area contributed by atoms with E-state index in [-0.39, 0.29) is 17.1 Å². The van der Waals surface area contributed by atoms with E-state index in [2.05, 4.69) is 71.1 Å². The van der Waals surface area contributed by atoms with Crippen molar-refractivity contribution >= 4 is 21.7 Å². The Morgan fingerprint density at radius 3 is 2.47 bits per heavy atom. The van der Waals surface area contributed by atoms with Crippen LogP contribution >= 0.6 is 0 Å². The lowest BCUT2D eigenvalue weighted by molar-refractivity contribution is -0.00260. The van der Waals surface area contributed by atoms with Crippen LogP contribution in [0.25, 0.3) is 10.9 Å². The zero-order chi connectivity index (χ0) is 22.9. The molecule has 0 saturated carbocycles. The van der Waals surface area contributed by atoms with Crippen LogP contribution in [0.15, 0.2) is 89.8 Å². The minimum Gasteiger partial charge on any atom is -0.350 e. The number of ether oxygens (including phenoxy) is 1. The van der Waals surface area contributed by atoms with Gasteiger partial charge in [-0.05, 0) is 48.6 Å². The first-order valence-electron chi connectivity index (χ1n) is 12.2. The summed E-state index contributed by atoms with van der Waals surface area (Å²) in [4.78, 5) is 3.52. The highest BCUT2D eigenvalue weighted by atomic mass is 32.2. The first-order valence-corrected chi connectivity index (χ1v) is 13.4. The third kappa shape index (κ3) is 2.94. The van der Waals surface area contributed by atoms with Gasteiger partial charge in [-0.3, -0.25) is 9.11 Å². The van der Waals surface area contributed by atoms with Crippen LogP contribution in [-0.4, -0.2) is 30.8 Å². The Balaban J connectivity index is 1.33. The highest BCUT2D eigenvalue weighted by Crippen LogP contribution is 2.58. The van der Waals surface area contributed by atoms with E-state index in [0.717, 1.165) is 30.7 Å². The molecule has 2 saturated heterocycles. The Labute approximate surface area is 202 Å². The van der Waals surface area contributed by atoms with E-state index < -0.39 is 10.8 Å². The fourth-order valence-corrected chi connectivity index (χ4v) is 8.17. The third-order valence-electron chi connectivity index (χ3n) is 8.19. The maximum Gasteiger partial charge on any atom is 0.168 e. The molecule has 172 valence electrons. The molecule has 1 aromatic heterocycles. The van der Waals surface area contributed by atoms with E-state index in [1.165, 1.54) is 27.7 Å². The van der Waals surface area contributed by atoms with Crippen molar-refractivity contribution < 1.29 is 8.95 Å². The molecule has 34 heavy (non-hydrogen) atoms. The van der Waals surface area contributed by atoms with E-state index >= 15 is 0 Å². The average molecular weight is 469 g/mol. The Kier molecular flexibility index (Phi) is 4.63. The molecular formula is C29H28N2O2S. The molecule has 4 nitrogen and oxygen atoms in total. The molecule has 4 heterocycles. The van der Waals surface area contributed by atoms with Gasteiger partial charge < -0.3 is 9.30 Å². The van der Waals surface area contributed by atoms with Gasteiger partial charge in [-0.15, -0.1) is 0 Å². The maximum atomic E-state index is 13.5. The van der Waals surface area contributed by atoms with Crippen molar-refractivity contribution in [3.8, 4) is 0 Å². The van der Waals surface area contributed by atoms with E-state index in [1.807, 2.05) is 30.3 Å². The van der Waals surface area contributed by atoms with Crippen molar-refractivity contribution in [2.45, 2.75) is 53.8 Å². The fraction of sp³-hybridized carbons (Fsp3) is 0.310. The summed E-state index contributed by atoms with van der Waals surface area (Å²) in [6.45, 7) is 0.882. The van der Waals surface area contributed by atoms with Crippen LogP contribution < -0.4 is 0 Å². The number of rotatable bonds is 4. The number of hydrogen-bond donors (Lipinski definition) is 0. The normalized spacial score (nSPS) is 28.7. The smallest absolute Gasteiger partial charge is 0.168 e. The Hall–Kier alpha value is -2.73. The van der Waals surface area contributed by atoms with E-state index in [1.54, 1.807) is 0 Å². The number of nitrogens with zero attached hydrogens (tertiary/aromatic N) is 2. The summed E-state index contributed by atoms with van der Waals surface area (Å²) in [5, 5.41) is 1.35. The molecule has 7 rings (SSSR count). The second kappa shape index (κ2) is 7.64. The van der Waals surface area contributed by atoms with Crippen molar-refractivity contribution in [3.63, 3.8) is 0 Å². The largest absolute Gasteiger partial charge is 0.350 e. The Bertz CT molecular complexity index is 1400. The molecule has 2 bridgehead atoms. The van der Waals surface area contributed by atoms with Crippen molar-refractivity contribution in [3.05, 3.63) is 102 Å². The number of aryl methyl sites for hydroxylation is 1. The molecule has 3 aliphatic heterocycles. The first-order chi connectivity index (χ1) is 16.7. The number of para-hydroxylation sites is 1. The third-order valence-corrected chi connectivity index (χ3v) is 9.81. The lowest BCUT2D eigenvalue weighted by Gasteiger charge is -2.49. The fourth-order valence-electron chi connectivity index (χ4n) is 6.60. The summed E-state index contributed by atoms with van der Waals surface area (Å²) in [5.41, 5.74) is 4.94. The topological polar surface area (TPSA) is 37.8 Å².